The molecule has 154 valence electrons. The highest BCUT2D eigenvalue weighted by atomic mass is 32.2. The summed E-state index contributed by atoms with van der Waals surface area (Å²) in [5, 5.41) is 5.42. The van der Waals surface area contributed by atoms with Crippen molar-refractivity contribution in [1.29, 1.82) is 0 Å². The van der Waals surface area contributed by atoms with E-state index in [0.29, 0.717) is 29.9 Å². The van der Waals surface area contributed by atoms with Crippen molar-refractivity contribution in [3.8, 4) is 0 Å². The van der Waals surface area contributed by atoms with Crippen molar-refractivity contribution in [3.05, 3.63) is 59.7 Å². The van der Waals surface area contributed by atoms with Crippen molar-refractivity contribution in [1.82, 2.24) is 9.62 Å². The molecule has 0 spiro atoms. The van der Waals surface area contributed by atoms with Crippen molar-refractivity contribution in [2.24, 2.45) is 0 Å². The Morgan fingerprint density at radius 3 is 2.28 bits per heavy atom. The minimum Gasteiger partial charge on any atom is -0.348 e. The van der Waals surface area contributed by atoms with Gasteiger partial charge >= 0.3 is 0 Å². The highest BCUT2D eigenvalue weighted by Gasteiger charge is 2.27. The lowest BCUT2D eigenvalue weighted by molar-refractivity contribution is -0.114. The van der Waals surface area contributed by atoms with E-state index in [9.17, 15) is 18.0 Å². The van der Waals surface area contributed by atoms with E-state index in [1.165, 1.54) is 11.2 Å². The van der Waals surface area contributed by atoms with Crippen LogP contribution in [0.2, 0.25) is 0 Å². The summed E-state index contributed by atoms with van der Waals surface area (Å²) in [6, 6.07) is 13.3. The van der Waals surface area contributed by atoms with Crippen molar-refractivity contribution in [2.75, 3.05) is 18.4 Å². The first kappa shape index (κ1) is 21.0. The predicted molar refractivity (Wildman–Crippen MR) is 111 cm³/mol. The Hall–Kier alpha value is -2.71. The molecule has 2 N–H and O–H groups in total. The van der Waals surface area contributed by atoms with Gasteiger partial charge in [-0.1, -0.05) is 24.6 Å². The van der Waals surface area contributed by atoms with Crippen molar-refractivity contribution in [2.45, 2.75) is 37.6 Å². The van der Waals surface area contributed by atoms with E-state index < -0.39 is 10.0 Å². The van der Waals surface area contributed by atoms with E-state index >= 15 is 0 Å². The molecule has 29 heavy (non-hydrogen) atoms. The van der Waals surface area contributed by atoms with E-state index in [0.717, 1.165) is 19.3 Å². The molecule has 2 amide bonds. The van der Waals surface area contributed by atoms with Crippen molar-refractivity contribution >= 4 is 27.5 Å². The highest BCUT2D eigenvalue weighted by Crippen LogP contribution is 2.23. The van der Waals surface area contributed by atoms with Gasteiger partial charge in [-0.3, -0.25) is 9.59 Å². The zero-order valence-corrected chi connectivity index (χ0v) is 17.2. The number of benzene rings is 2. The third kappa shape index (κ3) is 5.21. The molecule has 0 unspecified atom stereocenters. The molecule has 7 nitrogen and oxygen atoms in total. The smallest absolute Gasteiger partial charge is 0.251 e. The SMILES string of the molecule is CC(=O)Nc1ccc(C(=O)NCc2ccccc2S(=O)(=O)N2CCCCC2)cc1. The minimum absolute atomic E-state index is 0.107. The second-order valence-corrected chi connectivity index (χ2v) is 8.92. The number of hydrogen-bond donors (Lipinski definition) is 2. The minimum atomic E-state index is -3.58. The molecule has 1 aliphatic rings. The fourth-order valence-corrected chi connectivity index (χ4v) is 5.07. The van der Waals surface area contributed by atoms with Crippen LogP contribution in [0.1, 0.15) is 42.1 Å². The molecule has 2 aromatic carbocycles. The molecule has 1 fully saturated rings. The van der Waals surface area contributed by atoms with Gasteiger partial charge in [0.2, 0.25) is 15.9 Å². The molecule has 1 aliphatic heterocycles. The second kappa shape index (κ2) is 9.19. The van der Waals surface area contributed by atoms with Crippen molar-refractivity contribution < 1.29 is 18.0 Å². The molecule has 0 aromatic heterocycles. The molecule has 0 radical (unpaired) electrons. The average molecular weight is 416 g/mol. The molecule has 1 saturated heterocycles. The summed E-state index contributed by atoms with van der Waals surface area (Å²) in [5.41, 5.74) is 1.59. The van der Waals surface area contributed by atoms with Crippen LogP contribution in [0.4, 0.5) is 5.69 Å². The molecule has 1 heterocycles. The number of carbonyl (C=O) groups excluding carboxylic acids is 2. The van der Waals surface area contributed by atoms with Gasteiger partial charge in [0.05, 0.1) is 4.90 Å². The zero-order valence-electron chi connectivity index (χ0n) is 16.3. The number of anilines is 1. The van der Waals surface area contributed by atoms with E-state index in [-0.39, 0.29) is 23.3 Å². The first-order chi connectivity index (χ1) is 13.9. The number of nitrogens with one attached hydrogen (secondary N) is 2. The molecule has 2 aromatic rings. The molecule has 0 saturated carbocycles. The van der Waals surface area contributed by atoms with Crippen LogP contribution in [0.5, 0.6) is 0 Å². The van der Waals surface area contributed by atoms with Gasteiger partial charge < -0.3 is 10.6 Å². The number of amides is 2. The van der Waals surface area contributed by atoms with Crippen LogP contribution < -0.4 is 10.6 Å². The van der Waals surface area contributed by atoms with Gasteiger partial charge in [0.1, 0.15) is 0 Å². The molecule has 0 bridgehead atoms. The zero-order chi connectivity index (χ0) is 20.9. The molecule has 0 aliphatic carbocycles. The van der Waals surface area contributed by atoms with Gasteiger partial charge in [-0.15, -0.1) is 0 Å². The van der Waals surface area contributed by atoms with Gasteiger partial charge in [0, 0.05) is 37.8 Å². The summed E-state index contributed by atoms with van der Waals surface area (Å²) < 4.78 is 27.6. The van der Waals surface area contributed by atoms with Crippen LogP contribution in [-0.4, -0.2) is 37.6 Å². The summed E-state index contributed by atoms with van der Waals surface area (Å²) in [6.45, 7) is 2.58. The number of carbonyl (C=O) groups is 2. The largest absolute Gasteiger partial charge is 0.348 e. The van der Waals surface area contributed by atoms with Gasteiger partial charge in [0.15, 0.2) is 0 Å². The van der Waals surface area contributed by atoms with E-state index in [1.54, 1.807) is 48.5 Å². The Bertz CT molecular complexity index is 981. The summed E-state index contributed by atoms with van der Waals surface area (Å²) in [5.74, 6) is -0.502. The number of rotatable bonds is 6. The molecule has 0 atom stereocenters. The maximum Gasteiger partial charge on any atom is 0.251 e. The van der Waals surface area contributed by atoms with Crippen LogP contribution in [-0.2, 0) is 21.4 Å². The third-order valence-corrected chi connectivity index (χ3v) is 6.81. The van der Waals surface area contributed by atoms with Crippen LogP contribution in [0.15, 0.2) is 53.4 Å². The summed E-state index contributed by atoms with van der Waals surface area (Å²) in [6.07, 6.45) is 2.78. The van der Waals surface area contributed by atoms with E-state index in [2.05, 4.69) is 10.6 Å². The van der Waals surface area contributed by atoms with Crippen LogP contribution in [0.25, 0.3) is 0 Å². The first-order valence-electron chi connectivity index (χ1n) is 9.62. The maximum absolute atomic E-state index is 13.0. The lowest BCUT2D eigenvalue weighted by Gasteiger charge is -2.26. The summed E-state index contributed by atoms with van der Waals surface area (Å²) >= 11 is 0. The van der Waals surface area contributed by atoms with Gasteiger partial charge in [-0.2, -0.15) is 4.31 Å². The molecular formula is C21H25N3O4S. The Labute approximate surface area is 171 Å². The lowest BCUT2D eigenvalue weighted by Crippen LogP contribution is -2.36. The van der Waals surface area contributed by atoms with Crippen molar-refractivity contribution in [3.63, 3.8) is 0 Å². The average Bonchev–Trinajstić information content (AvgIpc) is 2.73. The first-order valence-corrected chi connectivity index (χ1v) is 11.1. The topological polar surface area (TPSA) is 95.6 Å². The number of nitrogens with zero attached hydrogens (tertiary/aromatic N) is 1. The van der Waals surface area contributed by atoms with E-state index in [4.69, 9.17) is 0 Å². The monoisotopic (exact) mass is 415 g/mol. The van der Waals surface area contributed by atoms with Gasteiger partial charge in [0.25, 0.3) is 5.91 Å². The summed E-state index contributed by atoms with van der Waals surface area (Å²) in [4.78, 5) is 23.8. The number of hydrogen-bond acceptors (Lipinski definition) is 4. The third-order valence-electron chi connectivity index (χ3n) is 4.81. The standard InChI is InChI=1S/C21H25N3O4S/c1-16(25)23-19-11-9-17(10-12-19)21(26)22-15-18-7-3-4-8-20(18)29(27,28)24-13-5-2-6-14-24/h3-4,7-12H,2,5-6,13-15H2,1H3,(H,22,26)(H,23,25). The molecular weight excluding hydrogens is 390 g/mol. The lowest BCUT2D eigenvalue weighted by atomic mass is 10.1. The number of piperidine rings is 1. The highest BCUT2D eigenvalue weighted by molar-refractivity contribution is 7.89. The predicted octanol–water partition coefficient (Wildman–Crippen LogP) is 2.75. The second-order valence-electron chi connectivity index (χ2n) is 7.01. The normalized spacial score (nSPS) is 14.9. The Kier molecular flexibility index (Phi) is 6.66. The molecule has 8 heteroatoms. The van der Waals surface area contributed by atoms with Gasteiger partial charge in [-0.25, -0.2) is 8.42 Å². The molecule has 3 rings (SSSR count). The van der Waals surface area contributed by atoms with Gasteiger partial charge in [-0.05, 0) is 48.7 Å². The quantitative estimate of drug-likeness (QED) is 0.758. The van der Waals surface area contributed by atoms with Crippen LogP contribution in [0, 0.1) is 0 Å². The van der Waals surface area contributed by atoms with Crippen LogP contribution >= 0.6 is 0 Å². The maximum atomic E-state index is 13.0. The Balaban J connectivity index is 1.71. The summed E-state index contributed by atoms with van der Waals surface area (Å²) in [7, 11) is -3.58. The fraction of sp³-hybridized carbons (Fsp3) is 0.333. The Morgan fingerprint density at radius 2 is 1.62 bits per heavy atom. The Morgan fingerprint density at radius 1 is 0.966 bits per heavy atom. The fourth-order valence-electron chi connectivity index (χ4n) is 3.33. The van der Waals surface area contributed by atoms with E-state index in [1.807, 2.05) is 0 Å². The van der Waals surface area contributed by atoms with Crippen LogP contribution in [0.3, 0.4) is 0 Å². The number of sulfonamides is 1.